The maximum Gasteiger partial charge on any atom is 0.0702 e. The van der Waals surface area contributed by atoms with Gasteiger partial charge in [0.1, 0.15) is 0 Å². The van der Waals surface area contributed by atoms with E-state index >= 15 is 0 Å². The molecule has 96 valence electrons. The van der Waals surface area contributed by atoms with Crippen molar-refractivity contribution in [3.8, 4) is 0 Å². The Labute approximate surface area is 109 Å². The summed E-state index contributed by atoms with van der Waals surface area (Å²) in [6.07, 6.45) is 4.47. The lowest BCUT2D eigenvalue weighted by molar-refractivity contribution is 0.383. The van der Waals surface area contributed by atoms with Crippen LogP contribution in [-0.2, 0) is 0 Å². The van der Waals surface area contributed by atoms with E-state index in [-0.39, 0.29) is 0 Å². The summed E-state index contributed by atoms with van der Waals surface area (Å²) in [5.74, 6) is 0.628. The Kier molecular flexibility index (Phi) is 4.32. The number of fused-ring (bicyclic) bond motifs is 1. The van der Waals surface area contributed by atoms with Gasteiger partial charge in [0.15, 0.2) is 0 Å². The number of nitrogens with zero attached hydrogens (tertiary/aromatic N) is 1. The molecule has 2 nitrogen and oxygen atoms in total. The zero-order valence-corrected chi connectivity index (χ0v) is 11.5. The second kappa shape index (κ2) is 5.96. The van der Waals surface area contributed by atoms with Crippen LogP contribution in [-0.4, -0.2) is 12.0 Å². The molecule has 0 aliphatic carbocycles. The van der Waals surface area contributed by atoms with Crippen molar-refractivity contribution in [2.75, 3.05) is 7.05 Å². The number of para-hydroxylation sites is 1. The van der Waals surface area contributed by atoms with Gasteiger partial charge in [-0.05, 0) is 37.1 Å². The van der Waals surface area contributed by atoms with E-state index in [0.717, 1.165) is 5.52 Å². The van der Waals surface area contributed by atoms with E-state index in [1.807, 2.05) is 19.3 Å². The molecule has 2 heteroatoms. The van der Waals surface area contributed by atoms with Crippen LogP contribution in [0, 0.1) is 5.92 Å². The zero-order valence-electron chi connectivity index (χ0n) is 11.5. The normalized spacial score (nSPS) is 14.6. The molecule has 1 aromatic heterocycles. The van der Waals surface area contributed by atoms with Crippen molar-refractivity contribution in [2.24, 2.45) is 5.92 Å². The van der Waals surface area contributed by atoms with Crippen molar-refractivity contribution in [1.82, 2.24) is 10.3 Å². The Morgan fingerprint density at radius 2 is 2.06 bits per heavy atom. The first kappa shape index (κ1) is 13.0. The number of benzene rings is 1. The SMILES string of the molecule is CCCC(C)C(NC)c1cnc2ccccc2c1. The van der Waals surface area contributed by atoms with Crippen LogP contribution in [0.25, 0.3) is 10.9 Å². The minimum atomic E-state index is 0.391. The van der Waals surface area contributed by atoms with Gasteiger partial charge in [0.25, 0.3) is 0 Å². The molecule has 0 fully saturated rings. The van der Waals surface area contributed by atoms with Gasteiger partial charge < -0.3 is 5.32 Å². The molecular weight excluding hydrogens is 220 g/mol. The molecule has 0 aliphatic rings. The van der Waals surface area contributed by atoms with Crippen LogP contribution in [0.15, 0.2) is 36.5 Å². The number of hydrogen-bond acceptors (Lipinski definition) is 2. The van der Waals surface area contributed by atoms with Gasteiger partial charge in [0.05, 0.1) is 5.52 Å². The van der Waals surface area contributed by atoms with E-state index in [9.17, 15) is 0 Å². The van der Waals surface area contributed by atoms with E-state index in [2.05, 4.69) is 48.4 Å². The molecule has 2 aromatic rings. The molecule has 1 N–H and O–H groups in total. The minimum absolute atomic E-state index is 0.391. The van der Waals surface area contributed by atoms with E-state index in [1.54, 1.807) is 0 Å². The molecule has 2 atom stereocenters. The summed E-state index contributed by atoms with van der Waals surface area (Å²) in [4.78, 5) is 4.55. The molecule has 1 aromatic carbocycles. The molecular formula is C16H22N2. The molecule has 0 aliphatic heterocycles. The Morgan fingerprint density at radius 1 is 1.28 bits per heavy atom. The van der Waals surface area contributed by atoms with Gasteiger partial charge in [-0.1, -0.05) is 38.5 Å². The van der Waals surface area contributed by atoms with Crippen LogP contribution in [0.1, 0.15) is 38.3 Å². The van der Waals surface area contributed by atoms with E-state index in [0.29, 0.717) is 12.0 Å². The van der Waals surface area contributed by atoms with Crippen molar-refractivity contribution >= 4 is 10.9 Å². The van der Waals surface area contributed by atoms with Crippen LogP contribution < -0.4 is 5.32 Å². The molecule has 18 heavy (non-hydrogen) atoms. The van der Waals surface area contributed by atoms with Crippen molar-refractivity contribution in [2.45, 2.75) is 32.7 Å². The highest BCUT2D eigenvalue weighted by molar-refractivity contribution is 5.78. The summed E-state index contributed by atoms with van der Waals surface area (Å²) in [6.45, 7) is 4.54. The molecule has 1 heterocycles. The molecule has 0 bridgehead atoms. The number of hydrogen-bond donors (Lipinski definition) is 1. The van der Waals surface area contributed by atoms with Gasteiger partial charge in [0, 0.05) is 17.6 Å². The first-order chi connectivity index (χ1) is 8.76. The third kappa shape index (κ3) is 2.70. The van der Waals surface area contributed by atoms with Gasteiger partial charge in [-0.15, -0.1) is 0 Å². The lowest BCUT2D eigenvalue weighted by Gasteiger charge is -2.23. The number of rotatable bonds is 5. The second-order valence-electron chi connectivity index (χ2n) is 4.99. The summed E-state index contributed by atoms with van der Waals surface area (Å²) >= 11 is 0. The van der Waals surface area contributed by atoms with E-state index < -0.39 is 0 Å². The number of nitrogens with one attached hydrogen (secondary N) is 1. The fourth-order valence-electron chi connectivity index (χ4n) is 2.66. The average Bonchev–Trinajstić information content (AvgIpc) is 2.40. The summed E-state index contributed by atoms with van der Waals surface area (Å²) in [5.41, 5.74) is 2.36. The largest absolute Gasteiger partial charge is 0.313 e. The smallest absolute Gasteiger partial charge is 0.0702 e. The van der Waals surface area contributed by atoms with Crippen LogP contribution in [0.2, 0.25) is 0 Å². The molecule has 0 amide bonds. The maximum atomic E-state index is 4.55. The molecule has 0 saturated carbocycles. The Balaban J connectivity index is 2.33. The number of pyridine rings is 1. The van der Waals surface area contributed by atoms with Crippen molar-refractivity contribution in [1.29, 1.82) is 0 Å². The second-order valence-corrected chi connectivity index (χ2v) is 4.99. The third-order valence-corrected chi connectivity index (χ3v) is 3.59. The average molecular weight is 242 g/mol. The summed E-state index contributed by atoms with van der Waals surface area (Å²) in [6, 6.07) is 10.9. The van der Waals surface area contributed by atoms with Crippen LogP contribution in [0.4, 0.5) is 0 Å². The molecule has 2 rings (SSSR count). The lowest BCUT2D eigenvalue weighted by atomic mass is 9.91. The highest BCUT2D eigenvalue weighted by atomic mass is 14.9. The summed E-state index contributed by atoms with van der Waals surface area (Å²) in [5, 5.41) is 4.65. The summed E-state index contributed by atoms with van der Waals surface area (Å²) < 4.78 is 0. The quantitative estimate of drug-likeness (QED) is 0.859. The fraction of sp³-hybridized carbons (Fsp3) is 0.438. The maximum absolute atomic E-state index is 4.55. The highest BCUT2D eigenvalue weighted by Gasteiger charge is 2.17. The van der Waals surface area contributed by atoms with Crippen molar-refractivity contribution < 1.29 is 0 Å². The first-order valence-electron chi connectivity index (χ1n) is 6.78. The van der Waals surface area contributed by atoms with E-state index in [4.69, 9.17) is 0 Å². The first-order valence-corrected chi connectivity index (χ1v) is 6.78. The van der Waals surface area contributed by atoms with E-state index in [1.165, 1.54) is 23.8 Å². The molecule has 0 radical (unpaired) electrons. The Bertz CT molecular complexity index is 507. The van der Waals surface area contributed by atoms with Crippen molar-refractivity contribution in [3.63, 3.8) is 0 Å². The standard InChI is InChI=1S/C16H22N2/c1-4-7-12(2)16(17-3)14-10-13-8-5-6-9-15(13)18-11-14/h5-6,8-12,16-17H,4,7H2,1-3H3. The predicted octanol–water partition coefficient (Wildman–Crippen LogP) is 3.93. The number of aromatic nitrogens is 1. The van der Waals surface area contributed by atoms with Crippen molar-refractivity contribution in [3.05, 3.63) is 42.1 Å². The van der Waals surface area contributed by atoms with Gasteiger partial charge in [-0.25, -0.2) is 0 Å². The Hall–Kier alpha value is -1.41. The lowest BCUT2D eigenvalue weighted by Crippen LogP contribution is -2.23. The fourth-order valence-corrected chi connectivity index (χ4v) is 2.66. The minimum Gasteiger partial charge on any atom is -0.313 e. The van der Waals surface area contributed by atoms with Gasteiger partial charge >= 0.3 is 0 Å². The van der Waals surface area contributed by atoms with Crippen LogP contribution >= 0.6 is 0 Å². The van der Waals surface area contributed by atoms with Crippen LogP contribution in [0.3, 0.4) is 0 Å². The van der Waals surface area contributed by atoms with Gasteiger partial charge in [-0.2, -0.15) is 0 Å². The van der Waals surface area contributed by atoms with Gasteiger partial charge in [0.2, 0.25) is 0 Å². The Morgan fingerprint density at radius 3 is 2.78 bits per heavy atom. The molecule has 0 saturated heterocycles. The molecule has 2 unspecified atom stereocenters. The summed E-state index contributed by atoms with van der Waals surface area (Å²) in [7, 11) is 2.03. The molecule has 0 spiro atoms. The highest BCUT2D eigenvalue weighted by Crippen LogP contribution is 2.26. The monoisotopic (exact) mass is 242 g/mol. The van der Waals surface area contributed by atoms with Gasteiger partial charge in [-0.3, -0.25) is 4.98 Å². The topological polar surface area (TPSA) is 24.9 Å². The van der Waals surface area contributed by atoms with Crippen LogP contribution in [0.5, 0.6) is 0 Å². The third-order valence-electron chi connectivity index (χ3n) is 3.59. The zero-order chi connectivity index (χ0) is 13.0. The predicted molar refractivity (Wildman–Crippen MR) is 77.6 cm³/mol.